The highest BCUT2D eigenvalue weighted by Gasteiger charge is 2.08. The van der Waals surface area contributed by atoms with Gasteiger partial charge in [-0.1, -0.05) is 11.6 Å². The molecule has 0 saturated carbocycles. The van der Waals surface area contributed by atoms with Crippen LogP contribution in [0, 0.1) is 0 Å². The van der Waals surface area contributed by atoms with Crippen molar-refractivity contribution in [3.63, 3.8) is 0 Å². The van der Waals surface area contributed by atoms with Crippen LogP contribution in [0.15, 0.2) is 35.4 Å². The maximum atomic E-state index is 12.1. The molecule has 0 atom stereocenters. The molecule has 1 amide bonds. The molecule has 0 unspecified atom stereocenters. The summed E-state index contributed by atoms with van der Waals surface area (Å²) in [6.07, 6.45) is 8.31. The van der Waals surface area contributed by atoms with E-state index < -0.39 is 0 Å². The molecule has 1 aliphatic carbocycles. The van der Waals surface area contributed by atoms with Gasteiger partial charge in [0.05, 0.1) is 15.7 Å². The third-order valence-corrected chi connectivity index (χ3v) is 4.50. The maximum absolute atomic E-state index is 12.1. The second-order valence-electron chi connectivity index (χ2n) is 5.15. The lowest BCUT2D eigenvalue weighted by Gasteiger charge is -2.12. The summed E-state index contributed by atoms with van der Waals surface area (Å²) in [5.41, 5.74) is 4.98. The molecule has 3 nitrogen and oxygen atoms in total. The van der Waals surface area contributed by atoms with Crippen LogP contribution < -0.4 is 5.32 Å². The van der Waals surface area contributed by atoms with Crippen molar-refractivity contribution in [1.82, 2.24) is 10.3 Å². The Morgan fingerprint density at radius 1 is 1.35 bits per heavy atom. The third kappa shape index (κ3) is 3.07. The molecular formula is C16H18N2OS. The number of allylic oxidation sites excluding steroid dienone is 1. The zero-order chi connectivity index (χ0) is 13.8. The summed E-state index contributed by atoms with van der Waals surface area (Å²) < 4.78 is 1.06. The van der Waals surface area contributed by atoms with E-state index in [1.165, 1.54) is 31.3 Å². The van der Waals surface area contributed by atoms with Crippen LogP contribution in [0.3, 0.4) is 0 Å². The van der Waals surface area contributed by atoms with Gasteiger partial charge >= 0.3 is 0 Å². The van der Waals surface area contributed by atoms with E-state index in [9.17, 15) is 4.79 Å². The lowest BCUT2D eigenvalue weighted by Crippen LogP contribution is -2.24. The van der Waals surface area contributed by atoms with Crippen molar-refractivity contribution in [2.24, 2.45) is 0 Å². The van der Waals surface area contributed by atoms with Gasteiger partial charge in [-0.2, -0.15) is 0 Å². The smallest absolute Gasteiger partial charge is 0.251 e. The molecular weight excluding hydrogens is 268 g/mol. The van der Waals surface area contributed by atoms with Crippen molar-refractivity contribution in [3.8, 4) is 0 Å². The van der Waals surface area contributed by atoms with Gasteiger partial charge in [-0.25, -0.2) is 4.98 Å². The highest BCUT2D eigenvalue weighted by atomic mass is 32.1. The van der Waals surface area contributed by atoms with Crippen LogP contribution >= 0.6 is 11.3 Å². The highest BCUT2D eigenvalue weighted by Crippen LogP contribution is 2.20. The average Bonchev–Trinajstić information content (AvgIpc) is 2.95. The number of amides is 1. The predicted octanol–water partition coefficient (Wildman–Crippen LogP) is 3.92. The fraction of sp³-hybridized carbons (Fsp3) is 0.375. The number of nitrogens with one attached hydrogen (secondary N) is 1. The molecule has 0 bridgehead atoms. The van der Waals surface area contributed by atoms with Crippen molar-refractivity contribution in [2.75, 3.05) is 6.54 Å². The summed E-state index contributed by atoms with van der Waals surface area (Å²) in [5, 5.41) is 3.01. The number of carbonyl (C=O) groups excluding carboxylic acids is 1. The molecule has 0 fully saturated rings. The number of rotatable bonds is 4. The van der Waals surface area contributed by atoms with E-state index in [-0.39, 0.29) is 5.91 Å². The van der Waals surface area contributed by atoms with E-state index in [1.807, 2.05) is 23.7 Å². The summed E-state index contributed by atoms with van der Waals surface area (Å²) in [7, 11) is 0. The largest absolute Gasteiger partial charge is 0.352 e. The zero-order valence-electron chi connectivity index (χ0n) is 11.4. The number of carbonyl (C=O) groups is 1. The number of thiazole rings is 1. The lowest BCUT2D eigenvalue weighted by atomic mass is 9.97. The number of aromatic nitrogens is 1. The van der Waals surface area contributed by atoms with Crippen LogP contribution in [0.1, 0.15) is 42.5 Å². The first-order valence-corrected chi connectivity index (χ1v) is 8.00. The first-order valence-electron chi connectivity index (χ1n) is 7.12. The standard InChI is InChI=1S/C16H18N2OS/c19-16(17-9-8-12-4-2-1-3-5-12)13-6-7-14-15(10-13)20-11-18-14/h4,6-7,10-11H,1-3,5,8-9H2,(H,17,19). The van der Waals surface area contributed by atoms with Gasteiger partial charge in [0.15, 0.2) is 0 Å². The first kappa shape index (κ1) is 13.3. The Labute approximate surface area is 122 Å². The Bertz CT molecular complexity index is 645. The van der Waals surface area contributed by atoms with Crippen LogP contribution in [0.5, 0.6) is 0 Å². The van der Waals surface area contributed by atoms with Crippen molar-refractivity contribution in [2.45, 2.75) is 32.1 Å². The number of nitrogens with zero attached hydrogens (tertiary/aromatic N) is 1. The number of fused-ring (bicyclic) bond motifs is 1. The minimum absolute atomic E-state index is 0.0108. The minimum Gasteiger partial charge on any atom is -0.352 e. The summed E-state index contributed by atoms with van der Waals surface area (Å²) in [4.78, 5) is 16.3. The molecule has 1 aromatic heterocycles. The van der Waals surface area contributed by atoms with Gasteiger partial charge in [-0.3, -0.25) is 4.79 Å². The van der Waals surface area contributed by atoms with Crippen molar-refractivity contribution >= 4 is 27.5 Å². The van der Waals surface area contributed by atoms with Crippen LogP contribution in [0.2, 0.25) is 0 Å². The Morgan fingerprint density at radius 2 is 2.30 bits per heavy atom. The molecule has 0 spiro atoms. The molecule has 1 aromatic carbocycles. The Morgan fingerprint density at radius 3 is 3.15 bits per heavy atom. The fourth-order valence-electron chi connectivity index (χ4n) is 2.57. The second kappa shape index (κ2) is 6.18. The molecule has 1 N–H and O–H groups in total. The Hall–Kier alpha value is -1.68. The normalized spacial score (nSPS) is 15.1. The number of hydrogen-bond acceptors (Lipinski definition) is 3. The van der Waals surface area contributed by atoms with Gasteiger partial charge in [0.1, 0.15) is 0 Å². The van der Waals surface area contributed by atoms with Gasteiger partial charge in [-0.15, -0.1) is 11.3 Å². The second-order valence-corrected chi connectivity index (χ2v) is 6.04. The van der Waals surface area contributed by atoms with Crippen molar-refractivity contribution in [1.29, 1.82) is 0 Å². The van der Waals surface area contributed by atoms with Crippen LogP contribution in [-0.4, -0.2) is 17.4 Å². The summed E-state index contributed by atoms with van der Waals surface area (Å²) in [5.74, 6) is 0.0108. The van der Waals surface area contributed by atoms with E-state index in [1.54, 1.807) is 11.3 Å². The van der Waals surface area contributed by atoms with Crippen LogP contribution in [0.25, 0.3) is 10.2 Å². The summed E-state index contributed by atoms with van der Waals surface area (Å²) in [6, 6.07) is 5.67. The molecule has 0 radical (unpaired) electrons. The Balaban J connectivity index is 1.57. The topological polar surface area (TPSA) is 42.0 Å². The van der Waals surface area contributed by atoms with E-state index in [0.717, 1.165) is 28.7 Å². The lowest BCUT2D eigenvalue weighted by molar-refractivity contribution is 0.0954. The third-order valence-electron chi connectivity index (χ3n) is 3.71. The highest BCUT2D eigenvalue weighted by molar-refractivity contribution is 7.16. The molecule has 0 saturated heterocycles. The first-order chi connectivity index (χ1) is 9.83. The minimum atomic E-state index is 0.0108. The zero-order valence-corrected chi connectivity index (χ0v) is 12.2. The fourth-order valence-corrected chi connectivity index (χ4v) is 3.28. The summed E-state index contributed by atoms with van der Waals surface area (Å²) in [6.45, 7) is 0.728. The van der Waals surface area contributed by atoms with Crippen molar-refractivity contribution in [3.05, 3.63) is 40.9 Å². The van der Waals surface area contributed by atoms with E-state index in [2.05, 4.69) is 16.4 Å². The van der Waals surface area contributed by atoms with E-state index in [4.69, 9.17) is 0 Å². The predicted molar refractivity (Wildman–Crippen MR) is 83.1 cm³/mol. The van der Waals surface area contributed by atoms with E-state index >= 15 is 0 Å². The molecule has 4 heteroatoms. The van der Waals surface area contributed by atoms with Gasteiger partial charge in [0.25, 0.3) is 5.91 Å². The van der Waals surface area contributed by atoms with Crippen molar-refractivity contribution < 1.29 is 4.79 Å². The number of hydrogen-bond donors (Lipinski definition) is 1. The molecule has 3 rings (SSSR count). The van der Waals surface area contributed by atoms with E-state index in [0.29, 0.717) is 0 Å². The molecule has 1 aliphatic rings. The SMILES string of the molecule is O=C(NCCC1=CCCCC1)c1ccc2ncsc2c1. The quantitative estimate of drug-likeness (QED) is 0.866. The average molecular weight is 286 g/mol. The van der Waals surface area contributed by atoms with Gasteiger partial charge in [0, 0.05) is 12.1 Å². The molecule has 20 heavy (non-hydrogen) atoms. The Kier molecular flexibility index (Phi) is 4.11. The molecule has 104 valence electrons. The summed E-state index contributed by atoms with van der Waals surface area (Å²) >= 11 is 1.57. The van der Waals surface area contributed by atoms with Gasteiger partial charge < -0.3 is 5.32 Å². The maximum Gasteiger partial charge on any atom is 0.251 e. The van der Waals surface area contributed by atoms with Gasteiger partial charge in [0.2, 0.25) is 0 Å². The van der Waals surface area contributed by atoms with Crippen LogP contribution in [-0.2, 0) is 0 Å². The molecule has 1 heterocycles. The molecule has 0 aliphatic heterocycles. The van der Waals surface area contributed by atoms with Crippen LogP contribution in [0.4, 0.5) is 0 Å². The van der Waals surface area contributed by atoms with Gasteiger partial charge in [-0.05, 0) is 50.3 Å². The number of benzene rings is 1. The molecule has 2 aromatic rings. The monoisotopic (exact) mass is 286 g/mol.